The molecule has 8 nitrogen and oxygen atoms in total. The number of nitrogens with one attached hydrogen (secondary N) is 2. The van der Waals surface area contributed by atoms with Gasteiger partial charge in [0.1, 0.15) is 11.9 Å². The molecule has 156 valence electrons. The van der Waals surface area contributed by atoms with Gasteiger partial charge in [-0.2, -0.15) is 0 Å². The lowest BCUT2D eigenvalue weighted by Gasteiger charge is -2.12. The number of benzene rings is 2. The van der Waals surface area contributed by atoms with Gasteiger partial charge >= 0.3 is 6.03 Å². The summed E-state index contributed by atoms with van der Waals surface area (Å²) >= 11 is 1.22. The van der Waals surface area contributed by atoms with Gasteiger partial charge in [0, 0.05) is 11.4 Å². The van der Waals surface area contributed by atoms with Crippen molar-refractivity contribution >= 4 is 38.4 Å². The highest BCUT2D eigenvalue weighted by Crippen LogP contribution is 2.30. The summed E-state index contributed by atoms with van der Waals surface area (Å²) in [4.78, 5) is 16.4. The molecule has 0 fully saturated rings. The maximum Gasteiger partial charge on any atom is 0.325 e. The number of nitrogens with two attached hydrogens (primary N) is 2. The molecule has 1 aromatic heterocycles. The van der Waals surface area contributed by atoms with Crippen molar-refractivity contribution in [3.8, 4) is 0 Å². The number of amides is 2. The number of anilines is 2. The Morgan fingerprint density at radius 1 is 1.23 bits per heavy atom. The number of aliphatic hydroxyl groups excluding tert-OH is 2. The van der Waals surface area contributed by atoms with E-state index in [-0.39, 0.29) is 12.3 Å². The Balaban J connectivity index is 1.74. The highest BCUT2D eigenvalue weighted by atomic mass is 32.1. The minimum atomic E-state index is -1.10. The summed E-state index contributed by atoms with van der Waals surface area (Å²) in [5, 5.41) is 25.2. The number of fused-ring (bicyclic) bond motifs is 1. The fourth-order valence-corrected chi connectivity index (χ4v) is 3.50. The van der Waals surface area contributed by atoms with E-state index in [2.05, 4.69) is 15.6 Å². The quantitative estimate of drug-likeness (QED) is 0.332. The summed E-state index contributed by atoms with van der Waals surface area (Å²) in [6.07, 6.45) is 1.52. The summed E-state index contributed by atoms with van der Waals surface area (Å²) in [6, 6.07) is 9.94. The third kappa shape index (κ3) is 5.11. The maximum absolute atomic E-state index is 12.9. The van der Waals surface area contributed by atoms with Gasteiger partial charge in [-0.3, -0.25) is 5.32 Å². The molecule has 2 aromatic carbocycles. The molecule has 0 aliphatic carbocycles. The van der Waals surface area contributed by atoms with Crippen LogP contribution in [-0.2, 0) is 0 Å². The smallest absolute Gasteiger partial charge is 0.325 e. The number of thiazole rings is 1. The van der Waals surface area contributed by atoms with Crippen molar-refractivity contribution in [1.82, 2.24) is 4.98 Å². The topological polar surface area (TPSA) is 147 Å². The van der Waals surface area contributed by atoms with Gasteiger partial charge in [-0.15, -0.1) is 0 Å². The third-order valence-electron chi connectivity index (χ3n) is 4.12. The van der Waals surface area contributed by atoms with Gasteiger partial charge in [0.15, 0.2) is 5.13 Å². The Kier molecular flexibility index (Phi) is 6.62. The Morgan fingerprint density at radius 2 is 1.97 bits per heavy atom. The van der Waals surface area contributed by atoms with Crippen molar-refractivity contribution in [2.24, 2.45) is 11.5 Å². The zero-order chi connectivity index (χ0) is 21.7. The van der Waals surface area contributed by atoms with Crippen molar-refractivity contribution in [3.63, 3.8) is 0 Å². The first-order valence-corrected chi connectivity index (χ1v) is 9.62. The lowest BCUT2D eigenvalue weighted by atomic mass is 10.1. The number of aromatic nitrogens is 1. The van der Waals surface area contributed by atoms with E-state index in [1.165, 1.54) is 47.9 Å². The van der Waals surface area contributed by atoms with Gasteiger partial charge in [0.25, 0.3) is 0 Å². The molecule has 1 unspecified atom stereocenters. The van der Waals surface area contributed by atoms with E-state index < -0.39 is 18.0 Å². The van der Waals surface area contributed by atoms with E-state index in [0.29, 0.717) is 27.5 Å². The second-order valence-electron chi connectivity index (χ2n) is 6.28. The fourth-order valence-electron chi connectivity index (χ4n) is 2.59. The number of aliphatic hydroxyl groups is 2. The van der Waals surface area contributed by atoms with Crippen LogP contribution in [0.25, 0.3) is 10.2 Å². The fraction of sp³-hybridized carbons (Fsp3) is 0.100. The van der Waals surface area contributed by atoms with E-state index in [4.69, 9.17) is 16.6 Å². The first-order valence-electron chi connectivity index (χ1n) is 8.80. The molecular weight excluding hydrogens is 409 g/mol. The molecule has 2 amide bonds. The molecule has 1 atom stereocenters. The molecule has 10 heteroatoms. The average molecular weight is 429 g/mol. The van der Waals surface area contributed by atoms with E-state index >= 15 is 0 Å². The van der Waals surface area contributed by atoms with Crippen LogP contribution in [0.3, 0.4) is 0 Å². The number of nitrogens with zero attached hydrogens (tertiary/aromatic N) is 1. The Labute approximate surface area is 175 Å². The first-order chi connectivity index (χ1) is 14.4. The van der Waals surface area contributed by atoms with Crippen LogP contribution >= 0.6 is 11.3 Å². The molecule has 8 N–H and O–H groups in total. The normalized spacial score (nSPS) is 13.3. The minimum absolute atomic E-state index is 0.127. The molecule has 0 bridgehead atoms. The summed E-state index contributed by atoms with van der Waals surface area (Å²) in [7, 11) is 0. The number of carbonyl (C=O) groups excluding carboxylic acids is 1. The van der Waals surface area contributed by atoms with E-state index in [1.807, 2.05) is 0 Å². The lowest BCUT2D eigenvalue weighted by molar-refractivity contribution is 0.214. The van der Waals surface area contributed by atoms with Gasteiger partial charge in [-0.25, -0.2) is 14.2 Å². The number of urea groups is 1. The maximum atomic E-state index is 12.9. The molecule has 3 aromatic rings. The van der Waals surface area contributed by atoms with Gasteiger partial charge in [-0.1, -0.05) is 17.4 Å². The molecule has 0 aliphatic heterocycles. The average Bonchev–Trinajstić information content (AvgIpc) is 3.14. The van der Waals surface area contributed by atoms with Crippen molar-refractivity contribution in [3.05, 3.63) is 77.4 Å². The van der Waals surface area contributed by atoms with Crippen LogP contribution in [0.2, 0.25) is 0 Å². The number of carbonyl (C=O) groups is 1. The number of rotatable bonds is 6. The molecule has 3 rings (SSSR count). The van der Waals surface area contributed by atoms with E-state index in [1.54, 1.807) is 18.2 Å². The first kappa shape index (κ1) is 21.2. The zero-order valence-corrected chi connectivity index (χ0v) is 16.5. The molecule has 30 heavy (non-hydrogen) atoms. The van der Waals surface area contributed by atoms with Crippen LogP contribution in [0.4, 0.5) is 20.0 Å². The standard InChI is InChI=1S/C20H20FN5O3S/c21-13-2-4-14(5-3-13)24-19(29)26-20-25-16-6-1-12(8-17(16)30-20)18(28)15(23)7-11(9-22)10-27/h1-9,18,27-28H,10,22-23H2,(H2,24,25,26,29)/b11-9+,15-7-. The SMILES string of the molecule is N/C=C(\C=C(/N)C(O)c1ccc2nc(NC(=O)Nc3ccc(F)cc3)sc2c1)CO. The van der Waals surface area contributed by atoms with Crippen LogP contribution in [-0.4, -0.2) is 27.8 Å². The largest absolute Gasteiger partial charge is 0.404 e. The molecule has 0 spiro atoms. The van der Waals surface area contributed by atoms with Crippen LogP contribution in [0, 0.1) is 5.82 Å². The van der Waals surface area contributed by atoms with Crippen LogP contribution < -0.4 is 22.1 Å². The molecule has 0 aliphatic rings. The lowest BCUT2D eigenvalue weighted by Crippen LogP contribution is -2.19. The predicted molar refractivity (Wildman–Crippen MR) is 115 cm³/mol. The Bertz CT molecular complexity index is 1110. The molecule has 0 saturated carbocycles. The monoisotopic (exact) mass is 429 g/mol. The van der Waals surface area contributed by atoms with Crippen molar-refractivity contribution in [2.45, 2.75) is 6.10 Å². The number of hydrogen-bond donors (Lipinski definition) is 6. The van der Waals surface area contributed by atoms with Gasteiger partial charge < -0.3 is 27.0 Å². The van der Waals surface area contributed by atoms with E-state index in [0.717, 1.165) is 4.70 Å². The van der Waals surface area contributed by atoms with Gasteiger partial charge in [0.2, 0.25) is 0 Å². The Hall–Kier alpha value is -3.47. The van der Waals surface area contributed by atoms with Crippen molar-refractivity contribution < 1.29 is 19.4 Å². The predicted octanol–water partition coefficient (Wildman–Crippen LogP) is 2.79. The van der Waals surface area contributed by atoms with Gasteiger partial charge in [0.05, 0.1) is 16.8 Å². The van der Waals surface area contributed by atoms with Crippen molar-refractivity contribution in [2.75, 3.05) is 17.2 Å². The molecular formula is C20H20FN5O3S. The molecule has 0 saturated heterocycles. The Morgan fingerprint density at radius 3 is 2.63 bits per heavy atom. The van der Waals surface area contributed by atoms with Crippen LogP contribution in [0.15, 0.2) is 66.0 Å². The minimum Gasteiger partial charge on any atom is -0.404 e. The summed E-state index contributed by atoms with van der Waals surface area (Å²) < 4.78 is 13.7. The molecule has 0 radical (unpaired) electrons. The van der Waals surface area contributed by atoms with Crippen molar-refractivity contribution in [1.29, 1.82) is 0 Å². The highest BCUT2D eigenvalue weighted by molar-refractivity contribution is 7.22. The number of hydrogen-bond acceptors (Lipinski definition) is 7. The summed E-state index contributed by atoms with van der Waals surface area (Å²) in [5.74, 6) is -0.396. The molecule has 1 heterocycles. The van der Waals surface area contributed by atoms with Crippen LogP contribution in [0.1, 0.15) is 11.7 Å². The second-order valence-corrected chi connectivity index (χ2v) is 7.31. The van der Waals surface area contributed by atoms with E-state index in [9.17, 15) is 14.3 Å². The number of halogens is 1. The third-order valence-corrected chi connectivity index (χ3v) is 5.05. The van der Waals surface area contributed by atoms with Gasteiger partial charge in [-0.05, 0) is 59.8 Å². The second kappa shape index (κ2) is 9.35. The summed E-state index contributed by atoms with van der Waals surface area (Å²) in [5.41, 5.74) is 13.4. The highest BCUT2D eigenvalue weighted by Gasteiger charge is 2.14. The summed E-state index contributed by atoms with van der Waals surface area (Å²) in [6.45, 7) is -0.299. The zero-order valence-electron chi connectivity index (χ0n) is 15.7. The van der Waals surface area contributed by atoms with Crippen LogP contribution in [0.5, 0.6) is 0 Å².